The Morgan fingerprint density at radius 1 is 1.15 bits per heavy atom. The molecule has 3 atom stereocenters. The van der Waals surface area contributed by atoms with Crippen LogP contribution >= 0.6 is 0 Å². The maximum absolute atomic E-state index is 9.92. The second kappa shape index (κ2) is 8.28. The molecular weight excluding hydrogens is 252 g/mol. The van der Waals surface area contributed by atoms with Crippen molar-refractivity contribution >= 4 is 0 Å². The highest BCUT2D eigenvalue weighted by molar-refractivity contribution is 5.38. The lowest BCUT2D eigenvalue weighted by Crippen LogP contribution is -2.25. The highest BCUT2D eigenvalue weighted by atomic mass is 16.5. The third-order valence-electron chi connectivity index (χ3n) is 3.82. The van der Waals surface area contributed by atoms with E-state index in [1.54, 1.807) is 6.92 Å². The van der Waals surface area contributed by atoms with Gasteiger partial charge in [0, 0.05) is 0 Å². The molecule has 3 nitrogen and oxygen atoms in total. The number of hydrogen-bond donors (Lipinski definition) is 2. The highest BCUT2D eigenvalue weighted by Gasteiger charge is 2.20. The Bertz CT molecular complexity index is 401. The van der Waals surface area contributed by atoms with Gasteiger partial charge in [-0.3, -0.25) is 0 Å². The van der Waals surface area contributed by atoms with Gasteiger partial charge in [0.2, 0.25) is 0 Å². The number of aryl methyl sites for hydroxylation is 1. The molecule has 0 aliphatic carbocycles. The van der Waals surface area contributed by atoms with Crippen molar-refractivity contribution in [2.24, 2.45) is 0 Å². The molecule has 1 rings (SSSR count). The molecule has 0 heterocycles. The molecule has 2 N–H and O–H groups in total. The fraction of sp³-hybridized carbons (Fsp3) is 0.647. The summed E-state index contributed by atoms with van der Waals surface area (Å²) in [5, 5.41) is 19.4. The molecule has 3 unspecified atom stereocenters. The topological polar surface area (TPSA) is 49.7 Å². The summed E-state index contributed by atoms with van der Waals surface area (Å²) in [7, 11) is 0. The number of ether oxygens (including phenoxy) is 1. The van der Waals surface area contributed by atoms with E-state index in [0.29, 0.717) is 13.0 Å². The Balaban J connectivity index is 2.96. The fourth-order valence-electron chi connectivity index (χ4n) is 2.55. The van der Waals surface area contributed by atoms with Crippen molar-refractivity contribution in [3.05, 3.63) is 29.3 Å². The zero-order chi connectivity index (χ0) is 15.1. The molecule has 0 bridgehead atoms. The molecular formula is C17H28O3. The Hall–Kier alpha value is -1.06. The summed E-state index contributed by atoms with van der Waals surface area (Å²) >= 11 is 0. The number of aliphatic hydroxyl groups excluding tert-OH is 2. The summed E-state index contributed by atoms with van der Waals surface area (Å²) in [6.07, 6.45) is 1.13. The van der Waals surface area contributed by atoms with Crippen LogP contribution in [-0.2, 0) is 6.42 Å². The van der Waals surface area contributed by atoms with Gasteiger partial charge in [-0.05, 0) is 62.3 Å². The average molecular weight is 280 g/mol. The number of aliphatic hydroxyl groups is 2. The summed E-state index contributed by atoms with van der Waals surface area (Å²) in [5.41, 5.74) is 2.53. The van der Waals surface area contributed by atoms with Gasteiger partial charge in [-0.1, -0.05) is 19.9 Å². The lowest BCUT2D eigenvalue weighted by molar-refractivity contribution is 0.0214. The van der Waals surface area contributed by atoms with Crippen LogP contribution in [0.3, 0.4) is 0 Å². The third-order valence-corrected chi connectivity index (χ3v) is 3.82. The van der Waals surface area contributed by atoms with E-state index in [2.05, 4.69) is 26.0 Å². The molecule has 0 spiro atoms. The molecule has 0 aromatic heterocycles. The SMILES string of the molecule is CCOc1ccc(C(CC)CC(O)C(C)O)c(CC)c1. The van der Waals surface area contributed by atoms with Gasteiger partial charge in [-0.25, -0.2) is 0 Å². The van der Waals surface area contributed by atoms with Crippen LogP contribution in [0.1, 0.15) is 57.6 Å². The maximum Gasteiger partial charge on any atom is 0.119 e. The van der Waals surface area contributed by atoms with Crippen molar-refractivity contribution in [3.8, 4) is 5.75 Å². The second-order valence-electron chi connectivity index (χ2n) is 5.30. The molecule has 0 aliphatic heterocycles. The van der Waals surface area contributed by atoms with E-state index in [9.17, 15) is 10.2 Å². The normalized spacial score (nSPS) is 15.7. The minimum Gasteiger partial charge on any atom is -0.494 e. The summed E-state index contributed by atoms with van der Waals surface area (Å²) in [5.74, 6) is 1.17. The zero-order valence-corrected chi connectivity index (χ0v) is 13.1. The molecule has 0 saturated heterocycles. The van der Waals surface area contributed by atoms with Gasteiger partial charge in [0.05, 0.1) is 18.8 Å². The molecule has 3 heteroatoms. The number of hydrogen-bond acceptors (Lipinski definition) is 3. The first-order valence-electron chi connectivity index (χ1n) is 7.65. The Labute approximate surface area is 122 Å². The van der Waals surface area contributed by atoms with Crippen molar-refractivity contribution in [1.29, 1.82) is 0 Å². The lowest BCUT2D eigenvalue weighted by atomic mass is 9.86. The van der Waals surface area contributed by atoms with Gasteiger partial charge < -0.3 is 14.9 Å². The summed E-state index contributed by atoms with van der Waals surface area (Å²) < 4.78 is 5.55. The van der Waals surface area contributed by atoms with E-state index in [1.807, 2.05) is 13.0 Å². The largest absolute Gasteiger partial charge is 0.494 e. The van der Waals surface area contributed by atoms with E-state index in [-0.39, 0.29) is 5.92 Å². The van der Waals surface area contributed by atoms with E-state index >= 15 is 0 Å². The molecule has 1 aromatic rings. The first-order valence-corrected chi connectivity index (χ1v) is 7.65. The van der Waals surface area contributed by atoms with Crippen LogP contribution in [0.15, 0.2) is 18.2 Å². The van der Waals surface area contributed by atoms with Crippen molar-refractivity contribution < 1.29 is 14.9 Å². The number of rotatable bonds is 8. The average Bonchev–Trinajstić information content (AvgIpc) is 2.44. The molecule has 20 heavy (non-hydrogen) atoms. The quantitative estimate of drug-likeness (QED) is 0.768. The standard InChI is InChI=1S/C17H28O3/c1-5-13-10-15(20-7-3)8-9-16(13)14(6-2)11-17(19)12(4)18/h8-10,12,14,17-19H,5-7,11H2,1-4H3. The smallest absolute Gasteiger partial charge is 0.119 e. The molecule has 0 fully saturated rings. The van der Waals surface area contributed by atoms with E-state index in [4.69, 9.17) is 4.74 Å². The predicted octanol–water partition coefficient (Wildman–Crippen LogP) is 3.27. The van der Waals surface area contributed by atoms with E-state index in [1.165, 1.54) is 11.1 Å². The Morgan fingerprint density at radius 3 is 2.35 bits per heavy atom. The van der Waals surface area contributed by atoms with Crippen LogP contribution in [0, 0.1) is 0 Å². The van der Waals surface area contributed by atoms with Crippen molar-refractivity contribution in [2.75, 3.05) is 6.61 Å². The van der Waals surface area contributed by atoms with Crippen LogP contribution in [0.2, 0.25) is 0 Å². The second-order valence-corrected chi connectivity index (χ2v) is 5.30. The van der Waals surface area contributed by atoms with Gasteiger partial charge >= 0.3 is 0 Å². The molecule has 1 aromatic carbocycles. The van der Waals surface area contributed by atoms with Crippen molar-refractivity contribution in [3.63, 3.8) is 0 Å². The summed E-state index contributed by atoms with van der Waals surface area (Å²) in [4.78, 5) is 0. The molecule has 0 amide bonds. The van der Waals surface area contributed by atoms with Crippen LogP contribution in [0.4, 0.5) is 0 Å². The van der Waals surface area contributed by atoms with Gasteiger partial charge in [0.25, 0.3) is 0 Å². The van der Waals surface area contributed by atoms with Gasteiger partial charge in [0.15, 0.2) is 0 Å². The Kier molecular flexibility index (Phi) is 7.03. The van der Waals surface area contributed by atoms with Crippen molar-refractivity contribution in [2.45, 2.75) is 65.1 Å². The van der Waals surface area contributed by atoms with E-state index < -0.39 is 12.2 Å². The number of benzene rings is 1. The fourth-order valence-corrected chi connectivity index (χ4v) is 2.55. The highest BCUT2D eigenvalue weighted by Crippen LogP contribution is 2.31. The molecule has 0 aliphatic rings. The third kappa shape index (κ3) is 4.50. The van der Waals surface area contributed by atoms with Crippen molar-refractivity contribution in [1.82, 2.24) is 0 Å². The summed E-state index contributed by atoms with van der Waals surface area (Å²) in [6.45, 7) is 8.53. The van der Waals surface area contributed by atoms with E-state index in [0.717, 1.165) is 18.6 Å². The van der Waals surface area contributed by atoms with Crippen LogP contribution in [0.25, 0.3) is 0 Å². The lowest BCUT2D eigenvalue weighted by Gasteiger charge is -2.23. The first kappa shape index (κ1) is 17.0. The van der Waals surface area contributed by atoms with Gasteiger partial charge in [-0.15, -0.1) is 0 Å². The minimum absolute atomic E-state index is 0.269. The predicted molar refractivity (Wildman–Crippen MR) is 82.3 cm³/mol. The monoisotopic (exact) mass is 280 g/mol. The maximum atomic E-state index is 9.92. The minimum atomic E-state index is -0.683. The van der Waals surface area contributed by atoms with Gasteiger partial charge in [0.1, 0.15) is 5.75 Å². The summed E-state index contributed by atoms with van der Waals surface area (Å²) in [6, 6.07) is 6.19. The first-order chi connectivity index (χ1) is 9.53. The van der Waals surface area contributed by atoms with Crippen LogP contribution in [-0.4, -0.2) is 29.0 Å². The Morgan fingerprint density at radius 2 is 1.85 bits per heavy atom. The van der Waals surface area contributed by atoms with Gasteiger partial charge in [-0.2, -0.15) is 0 Å². The molecule has 114 valence electrons. The zero-order valence-electron chi connectivity index (χ0n) is 13.1. The van der Waals surface area contributed by atoms with Crippen LogP contribution in [0.5, 0.6) is 5.75 Å². The molecule has 0 radical (unpaired) electrons. The van der Waals surface area contributed by atoms with Crippen LogP contribution < -0.4 is 4.74 Å². The molecule has 0 saturated carbocycles.